The molecule has 0 heterocycles. The zero-order chi connectivity index (χ0) is 13.9. The van der Waals surface area contributed by atoms with Crippen LogP contribution in [0, 0.1) is 0 Å². The van der Waals surface area contributed by atoms with Crippen molar-refractivity contribution in [2.45, 2.75) is 18.9 Å². The van der Waals surface area contributed by atoms with Crippen LogP contribution in [0.3, 0.4) is 0 Å². The second-order valence-corrected chi connectivity index (χ2v) is 4.53. The van der Waals surface area contributed by atoms with E-state index in [0.717, 1.165) is 0 Å². The fraction of sp³-hybridized carbons (Fsp3) is 0.455. The third kappa shape index (κ3) is 4.17. The minimum Gasteiger partial charge on any atom is -0.503 e. The Morgan fingerprint density at radius 1 is 1.47 bits per heavy atom. The third-order valence-electron chi connectivity index (χ3n) is 2.38. The lowest BCUT2D eigenvalue weighted by Crippen LogP contribution is -2.36. The van der Waals surface area contributed by atoms with E-state index in [4.69, 9.17) is 15.6 Å². The second kappa shape index (κ2) is 7.23. The van der Waals surface area contributed by atoms with E-state index in [-0.39, 0.29) is 40.5 Å². The topological polar surface area (TPSA) is 75.7 Å². The molecular weight excluding hydrogens is 347 g/mol. The van der Waals surface area contributed by atoms with Gasteiger partial charge in [0, 0.05) is 0 Å². The molecule has 0 saturated heterocycles. The van der Waals surface area contributed by atoms with Crippen LogP contribution in [0.5, 0.6) is 11.5 Å². The fourth-order valence-corrected chi connectivity index (χ4v) is 1.84. The summed E-state index contributed by atoms with van der Waals surface area (Å²) in [5, 5.41) is 18.2. The number of alkyl halides is 2. The standard InChI is InChI=1S/C11H14BrF2NO3.ClH/c1-2-18-8-4-6(3-7(12)9(8)17)10(15)11(13,14)5-16;/h3-4,10,16-17H,2,5,15H2,1H3;1H/t10-;/m0./s1. The van der Waals surface area contributed by atoms with Crippen LogP contribution in [0.1, 0.15) is 18.5 Å². The lowest BCUT2D eigenvalue weighted by molar-refractivity contribution is -0.0712. The molecule has 0 unspecified atom stereocenters. The second-order valence-electron chi connectivity index (χ2n) is 3.68. The minimum atomic E-state index is -3.44. The summed E-state index contributed by atoms with van der Waals surface area (Å²) in [4.78, 5) is 0. The van der Waals surface area contributed by atoms with Crippen molar-refractivity contribution in [2.75, 3.05) is 13.2 Å². The van der Waals surface area contributed by atoms with Crippen molar-refractivity contribution >= 4 is 28.3 Å². The zero-order valence-corrected chi connectivity index (χ0v) is 12.5. The van der Waals surface area contributed by atoms with Gasteiger partial charge in [-0.15, -0.1) is 12.4 Å². The Bertz CT molecular complexity index is 435. The first kappa shape index (κ1) is 18.4. The smallest absolute Gasteiger partial charge is 0.289 e. The SMILES string of the molecule is CCOc1cc([C@H](N)C(F)(F)CO)cc(Br)c1O.Cl. The summed E-state index contributed by atoms with van der Waals surface area (Å²) in [6, 6.07) is 0.822. The fourth-order valence-electron chi connectivity index (χ4n) is 1.38. The van der Waals surface area contributed by atoms with Crippen molar-refractivity contribution < 1.29 is 23.7 Å². The molecule has 0 spiro atoms. The van der Waals surface area contributed by atoms with E-state index in [1.54, 1.807) is 6.92 Å². The molecule has 1 aromatic carbocycles. The maximum atomic E-state index is 13.3. The third-order valence-corrected chi connectivity index (χ3v) is 2.98. The van der Waals surface area contributed by atoms with E-state index in [2.05, 4.69) is 15.9 Å². The first-order chi connectivity index (χ1) is 8.33. The highest BCUT2D eigenvalue weighted by Crippen LogP contribution is 2.39. The Balaban J connectivity index is 0.00000324. The Morgan fingerprint density at radius 2 is 2.05 bits per heavy atom. The molecule has 19 heavy (non-hydrogen) atoms. The van der Waals surface area contributed by atoms with Gasteiger partial charge in [-0.1, -0.05) is 0 Å². The Morgan fingerprint density at radius 3 is 2.53 bits per heavy atom. The van der Waals surface area contributed by atoms with Crippen LogP contribution in [0.15, 0.2) is 16.6 Å². The van der Waals surface area contributed by atoms with E-state index in [0.29, 0.717) is 0 Å². The number of halogens is 4. The van der Waals surface area contributed by atoms with Crippen molar-refractivity contribution in [3.63, 3.8) is 0 Å². The Kier molecular flexibility index (Phi) is 6.99. The van der Waals surface area contributed by atoms with Crippen LogP contribution in [-0.2, 0) is 0 Å². The van der Waals surface area contributed by atoms with Gasteiger partial charge in [-0.2, -0.15) is 0 Å². The van der Waals surface area contributed by atoms with Crippen LogP contribution in [0.25, 0.3) is 0 Å². The number of hydrogen-bond acceptors (Lipinski definition) is 4. The van der Waals surface area contributed by atoms with Crippen LogP contribution in [-0.4, -0.2) is 29.3 Å². The highest BCUT2D eigenvalue weighted by Gasteiger charge is 2.38. The highest BCUT2D eigenvalue weighted by atomic mass is 79.9. The predicted octanol–water partition coefficient (Wildman–Crippen LogP) is 2.60. The van der Waals surface area contributed by atoms with E-state index in [9.17, 15) is 13.9 Å². The summed E-state index contributed by atoms with van der Waals surface area (Å²) in [5.41, 5.74) is 5.46. The molecule has 0 radical (unpaired) electrons. The van der Waals surface area contributed by atoms with Crippen molar-refractivity contribution in [3.8, 4) is 11.5 Å². The Labute approximate surface area is 124 Å². The number of benzene rings is 1. The molecule has 0 saturated carbocycles. The summed E-state index contributed by atoms with van der Waals surface area (Å²) in [6.45, 7) is 0.619. The van der Waals surface area contributed by atoms with Crippen LogP contribution < -0.4 is 10.5 Å². The molecule has 1 aromatic rings. The van der Waals surface area contributed by atoms with Crippen molar-refractivity contribution in [3.05, 3.63) is 22.2 Å². The van der Waals surface area contributed by atoms with Gasteiger partial charge in [-0.05, 0) is 40.5 Å². The molecule has 0 aromatic heterocycles. The molecule has 0 aliphatic heterocycles. The molecule has 0 aliphatic carbocycles. The van der Waals surface area contributed by atoms with E-state index >= 15 is 0 Å². The first-order valence-corrected chi connectivity index (χ1v) is 6.02. The molecule has 8 heteroatoms. The van der Waals surface area contributed by atoms with E-state index in [1.807, 2.05) is 0 Å². The molecule has 4 nitrogen and oxygen atoms in total. The van der Waals surface area contributed by atoms with Gasteiger partial charge >= 0.3 is 0 Å². The molecule has 0 aliphatic rings. The van der Waals surface area contributed by atoms with Gasteiger partial charge in [-0.25, -0.2) is 8.78 Å². The Hall–Kier alpha value is -0.630. The molecular formula is C11H15BrClF2NO3. The maximum Gasteiger partial charge on any atom is 0.289 e. The van der Waals surface area contributed by atoms with Gasteiger partial charge in [0.2, 0.25) is 0 Å². The monoisotopic (exact) mass is 361 g/mol. The lowest BCUT2D eigenvalue weighted by Gasteiger charge is -2.22. The average molecular weight is 363 g/mol. The number of aliphatic hydroxyl groups is 1. The number of rotatable bonds is 5. The van der Waals surface area contributed by atoms with Gasteiger partial charge in [-0.3, -0.25) is 0 Å². The number of nitrogens with two attached hydrogens (primary N) is 1. The number of phenolic OH excluding ortho intramolecular Hbond substituents is 1. The van der Waals surface area contributed by atoms with Crippen LogP contribution in [0.2, 0.25) is 0 Å². The molecule has 1 rings (SSSR count). The number of aromatic hydroxyl groups is 1. The van der Waals surface area contributed by atoms with Crippen molar-refractivity contribution in [1.82, 2.24) is 0 Å². The number of aliphatic hydroxyl groups excluding tert-OH is 1. The molecule has 0 fully saturated rings. The molecule has 0 bridgehead atoms. The van der Waals surface area contributed by atoms with E-state index < -0.39 is 18.6 Å². The molecule has 1 atom stereocenters. The summed E-state index contributed by atoms with van der Waals surface area (Å²) in [7, 11) is 0. The van der Waals surface area contributed by atoms with Crippen molar-refractivity contribution in [1.29, 1.82) is 0 Å². The quantitative estimate of drug-likeness (QED) is 0.752. The average Bonchev–Trinajstić information content (AvgIpc) is 2.34. The predicted molar refractivity (Wildman–Crippen MR) is 73.2 cm³/mol. The highest BCUT2D eigenvalue weighted by molar-refractivity contribution is 9.10. The summed E-state index contributed by atoms with van der Waals surface area (Å²) < 4.78 is 31.9. The van der Waals surface area contributed by atoms with Gasteiger partial charge < -0.3 is 20.7 Å². The van der Waals surface area contributed by atoms with Crippen LogP contribution >= 0.6 is 28.3 Å². The number of ether oxygens (including phenoxy) is 1. The van der Waals surface area contributed by atoms with Gasteiger partial charge in [0.05, 0.1) is 17.1 Å². The van der Waals surface area contributed by atoms with Gasteiger partial charge in [0.25, 0.3) is 5.92 Å². The molecule has 4 N–H and O–H groups in total. The van der Waals surface area contributed by atoms with Crippen LogP contribution in [0.4, 0.5) is 8.78 Å². The zero-order valence-electron chi connectivity index (χ0n) is 10.1. The minimum absolute atomic E-state index is 0. The number of hydrogen-bond donors (Lipinski definition) is 3. The molecule has 0 amide bonds. The first-order valence-electron chi connectivity index (χ1n) is 5.23. The summed E-state index contributed by atoms with van der Waals surface area (Å²) in [6.07, 6.45) is 0. The maximum absolute atomic E-state index is 13.3. The van der Waals surface area contributed by atoms with Crippen molar-refractivity contribution in [2.24, 2.45) is 5.73 Å². The normalized spacial score (nSPS) is 12.7. The summed E-state index contributed by atoms with van der Waals surface area (Å²) in [5.74, 6) is -3.56. The summed E-state index contributed by atoms with van der Waals surface area (Å²) >= 11 is 3.03. The van der Waals surface area contributed by atoms with Gasteiger partial charge in [0.1, 0.15) is 6.61 Å². The van der Waals surface area contributed by atoms with E-state index in [1.165, 1.54) is 12.1 Å². The number of phenols is 1. The lowest BCUT2D eigenvalue weighted by atomic mass is 10.0. The largest absolute Gasteiger partial charge is 0.503 e. The molecule has 110 valence electrons. The van der Waals surface area contributed by atoms with Gasteiger partial charge in [0.15, 0.2) is 11.5 Å².